The normalized spacial score (nSPS) is 11.1. The Morgan fingerprint density at radius 3 is 2.53 bits per heavy atom. The van der Waals surface area contributed by atoms with Crippen LogP contribution in [0.4, 0.5) is 10.1 Å². The van der Waals surface area contributed by atoms with Gasteiger partial charge in [0.15, 0.2) is 0 Å². The van der Waals surface area contributed by atoms with E-state index in [4.69, 9.17) is 5.73 Å². The van der Waals surface area contributed by atoms with Crippen LogP contribution in [0.25, 0.3) is 0 Å². The van der Waals surface area contributed by atoms with Crippen LogP contribution in [-0.4, -0.2) is 20.6 Å². The number of hydrogen-bond donors (Lipinski definition) is 2. The van der Waals surface area contributed by atoms with E-state index >= 15 is 0 Å². The van der Waals surface area contributed by atoms with Crippen LogP contribution in [0, 0.1) is 5.82 Å². The standard InChI is InChI=1S/C8H9FN2O3S/c1-15(13,14)11-8(12)6-3-2-5(10)4-7(6)9/h2-4H,10H2,1H3,(H,11,12). The number of anilines is 1. The molecule has 1 amide bonds. The first-order valence-electron chi connectivity index (χ1n) is 3.87. The zero-order valence-electron chi connectivity index (χ0n) is 7.82. The second-order valence-electron chi connectivity index (χ2n) is 2.94. The van der Waals surface area contributed by atoms with Crippen molar-refractivity contribution in [3.05, 3.63) is 29.6 Å². The van der Waals surface area contributed by atoms with Gasteiger partial charge in [-0.15, -0.1) is 0 Å². The molecule has 0 aliphatic carbocycles. The van der Waals surface area contributed by atoms with Gasteiger partial charge in [-0.05, 0) is 18.2 Å². The van der Waals surface area contributed by atoms with Gasteiger partial charge in [0.1, 0.15) is 5.82 Å². The summed E-state index contributed by atoms with van der Waals surface area (Å²) in [7, 11) is -3.70. The van der Waals surface area contributed by atoms with E-state index < -0.39 is 21.7 Å². The molecule has 0 radical (unpaired) electrons. The third kappa shape index (κ3) is 3.21. The largest absolute Gasteiger partial charge is 0.399 e. The maximum Gasteiger partial charge on any atom is 0.267 e. The topological polar surface area (TPSA) is 89.3 Å². The van der Waals surface area contributed by atoms with Crippen molar-refractivity contribution in [2.24, 2.45) is 0 Å². The zero-order valence-corrected chi connectivity index (χ0v) is 8.64. The zero-order chi connectivity index (χ0) is 11.6. The highest BCUT2D eigenvalue weighted by molar-refractivity contribution is 7.89. The minimum atomic E-state index is -3.70. The van der Waals surface area contributed by atoms with Crippen LogP contribution < -0.4 is 10.5 Å². The molecule has 0 saturated heterocycles. The van der Waals surface area contributed by atoms with Crippen molar-refractivity contribution >= 4 is 21.6 Å². The molecule has 0 bridgehead atoms. The number of carbonyl (C=O) groups excluding carboxylic acids is 1. The summed E-state index contributed by atoms with van der Waals surface area (Å²) in [6.07, 6.45) is 0.806. The fourth-order valence-corrected chi connectivity index (χ4v) is 1.39. The highest BCUT2D eigenvalue weighted by atomic mass is 32.2. The number of halogens is 1. The molecule has 0 aromatic heterocycles. The predicted molar refractivity (Wildman–Crippen MR) is 53.1 cm³/mol. The van der Waals surface area contributed by atoms with Gasteiger partial charge >= 0.3 is 0 Å². The number of sulfonamides is 1. The Hall–Kier alpha value is -1.63. The Labute approximate surface area is 86.1 Å². The second-order valence-corrected chi connectivity index (χ2v) is 4.69. The number of nitrogen functional groups attached to an aromatic ring is 1. The van der Waals surface area contributed by atoms with Crippen molar-refractivity contribution in [1.29, 1.82) is 0 Å². The molecule has 15 heavy (non-hydrogen) atoms. The molecule has 0 atom stereocenters. The number of hydrogen-bond acceptors (Lipinski definition) is 4. The fourth-order valence-electron chi connectivity index (χ4n) is 0.939. The third-order valence-electron chi connectivity index (χ3n) is 1.52. The number of nitrogens with two attached hydrogens (primary N) is 1. The molecule has 0 spiro atoms. The van der Waals surface area contributed by atoms with Crippen molar-refractivity contribution in [2.45, 2.75) is 0 Å². The van der Waals surface area contributed by atoms with Gasteiger partial charge in [0, 0.05) is 5.69 Å². The van der Waals surface area contributed by atoms with Gasteiger partial charge in [-0.25, -0.2) is 17.5 Å². The van der Waals surface area contributed by atoms with Crippen molar-refractivity contribution < 1.29 is 17.6 Å². The number of carbonyl (C=O) groups is 1. The minimum absolute atomic E-state index is 0.156. The third-order valence-corrected chi connectivity index (χ3v) is 2.07. The van der Waals surface area contributed by atoms with E-state index in [-0.39, 0.29) is 11.3 Å². The maximum absolute atomic E-state index is 13.1. The van der Waals surface area contributed by atoms with Gasteiger partial charge in [-0.1, -0.05) is 0 Å². The highest BCUT2D eigenvalue weighted by Crippen LogP contribution is 2.11. The molecule has 0 fully saturated rings. The number of rotatable bonds is 2. The lowest BCUT2D eigenvalue weighted by Crippen LogP contribution is -2.30. The molecule has 0 saturated carbocycles. The van der Waals surface area contributed by atoms with Crippen molar-refractivity contribution in [3.63, 3.8) is 0 Å². The molecule has 0 aliphatic heterocycles. The van der Waals surface area contributed by atoms with Crippen molar-refractivity contribution in [3.8, 4) is 0 Å². The predicted octanol–water partition coefficient (Wildman–Crippen LogP) is 0.0973. The Bertz CT molecular complexity index is 499. The lowest BCUT2D eigenvalue weighted by molar-refractivity contribution is 0.0978. The van der Waals surface area contributed by atoms with E-state index in [1.54, 1.807) is 4.72 Å². The van der Waals surface area contributed by atoms with Gasteiger partial charge in [0.25, 0.3) is 5.91 Å². The molecule has 0 heterocycles. The van der Waals surface area contributed by atoms with Crippen LogP contribution in [0.3, 0.4) is 0 Å². The number of nitrogens with one attached hydrogen (secondary N) is 1. The molecule has 1 rings (SSSR count). The van der Waals surface area contributed by atoms with Crippen LogP contribution in [0.2, 0.25) is 0 Å². The molecular formula is C8H9FN2O3S. The molecule has 3 N–H and O–H groups in total. The molecule has 1 aromatic rings. The summed E-state index contributed by atoms with van der Waals surface area (Å²) < 4.78 is 36.2. The first kappa shape index (κ1) is 11.4. The Kier molecular flexibility index (Phi) is 2.94. The summed E-state index contributed by atoms with van der Waals surface area (Å²) in [6, 6.07) is 3.36. The van der Waals surface area contributed by atoms with E-state index in [1.165, 1.54) is 6.07 Å². The van der Waals surface area contributed by atoms with E-state index in [2.05, 4.69) is 0 Å². The Balaban J connectivity index is 3.02. The summed E-state index contributed by atoms with van der Waals surface area (Å²) in [5.74, 6) is -1.88. The van der Waals surface area contributed by atoms with Gasteiger partial charge in [-0.2, -0.15) is 0 Å². The average molecular weight is 232 g/mol. The fraction of sp³-hybridized carbons (Fsp3) is 0.125. The summed E-state index contributed by atoms with van der Waals surface area (Å²) in [4.78, 5) is 11.2. The lowest BCUT2D eigenvalue weighted by atomic mass is 10.2. The van der Waals surface area contributed by atoms with E-state index in [9.17, 15) is 17.6 Å². The molecule has 5 nitrogen and oxygen atoms in total. The summed E-state index contributed by atoms with van der Waals surface area (Å²) in [5.41, 5.74) is 5.05. The summed E-state index contributed by atoms with van der Waals surface area (Å²) >= 11 is 0. The van der Waals surface area contributed by atoms with Crippen LogP contribution in [0.5, 0.6) is 0 Å². The van der Waals surface area contributed by atoms with Crippen molar-refractivity contribution in [1.82, 2.24) is 4.72 Å². The molecule has 7 heteroatoms. The first-order valence-corrected chi connectivity index (χ1v) is 5.76. The van der Waals surface area contributed by atoms with Gasteiger partial charge < -0.3 is 5.73 Å². The molecule has 82 valence electrons. The van der Waals surface area contributed by atoms with E-state index in [1.807, 2.05) is 0 Å². The van der Waals surface area contributed by atoms with Crippen LogP contribution in [0.1, 0.15) is 10.4 Å². The summed E-state index contributed by atoms with van der Waals surface area (Å²) in [6.45, 7) is 0. The lowest BCUT2D eigenvalue weighted by Gasteiger charge is -2.04. The number of amides is 1. The average Bonchev–Trinajstić information content (AvgIpc) is 1.99. The highest BCUT2D eigenvalue weighted by Gasteiger charge is 2.15. The van der Waals surface area contributed by atoms with Crippen LogP contribution in [-0.2, 0) is 10.0 Å². The maximum atomic E-state index is 13.1. The molecular weight excluding hydrogens is 223 g/mol. The summed E-state index contributed by atoms with van der Waals surface area (Å²) in [5, 5.41) is 0. The Morgan fingerprint density at radius 1 is 1.47 bits per heavy atom. The van der Waals surface area contributed by atoms with Crippen LogP contribution in [0.15, 0.2) is 18.2 Å². The second kappa shape index (κ2) is 3.85. The molecule has 0 unspecified atom stereocenters. The monoisotopic (exact) mass is 232 g/mol. The van der Waals surface area contributed by atoms with Gasteiger partial charge in [0.05, 0.1) is 11.8 Å². The molecule has 1 aromatic carbocycles. The Morgan fingerprint density at radius 2 is 2.07 bits per heavy atom. The first-order chi connectivity index (χ1) is 6.79. The van der Waals surface area contributed by atoms with Gasteiger partial charge in [-0.3, -0.25) is 4.79 Å². The van der Waals surface area contributed by atoms with Crippen molar-refractivity contribution in [2.75, 3.05) is 12.0 Å². The van der Waals surface area contributed by atoms with E-state index in [0.29, 0.717) is 0 Å². The van der Waals surface area contributed by atoms with Gasteiger partial charge in [0.2, 0.25) is 10.0 Å². The number of benzene rings is 1. The SMILES string of the molecule is CS(=O)(=O)NC(=O)c1ccc(N)cc1F. The quantitative estimate of drug-likeness (QED) is 0.707. The minimum Gasteiger partial charge on any atom is -0.399 e. The smallest absolute Gasteiger partial charge is 0.267 e. The van der Waals surface area contributed by atoms with E-state index in [0.717, 1.165) is 18.4 Å². The molecule has 0 aliphatic rings. The van der Waals surface area contributed by atoms with Crippen LogP contribution >= 0.6 is 0 Å².